The van der Waals surface area contributed by atoms with Crippen LogP contribution in [0.5, 0.6) is 0 Å². The minimum Gasteiger partial charge on any atom is -0.352 e. The predicted molar refractivity (Wildman–Crippen MR) is 89.5 cm³/mol. The number of nitrogens with one attached hydrogen (secondary N) is 1. The fourth-order valence-corrected chi connectivity index (χ4v) is 2.57. The van der Waals surface area contributed by atoms with Gasteiger partial charge in [0.05, 0.1) is 0 Å². The average molecular weight is 283 g/mol. The average Bonchev–Trinajstić information content (AvgIpc) is 2.54. The van der Waals surface area contributed by atoms with Crippen molar-refractivity contribution in [1.82, 2.24) is 10.3 Å². The summed E-state index contributed by atoms with van der Waals surface area (Å²) in [5, 5.41) is 3.48. The summed E-state index contributed by atoms with van der Waals surface area (Å²) in [5.41, 5.74) is 2.57. The number of hydrogen-bond acceptors (Lipinski definition) is 3. The summed E-state index contributed by atoms with van der Waals surface area (Å²) in [7, 11) is 0. The van der Waals surface area contributed by atoms with Crippen molar-refractivity contribution in [3.8, 4) is 0 Å². The Balaban J connectivity index is 2.25. The molecule has 1 aromatic heterocycles. The molecule has 1 unspecified atom stereocenters. The molecule has 3 nitrogen and oxygen atoms in total. The van der Waals surface area contributed by atoms with Gasteiger partial charge in [-0.3, -0.25) is 0 Å². The van der Waals surface area contributed by atoms with Crippen molar-refractivity contribution in [3.05, 3.63) is 59.8 Å². The summed E-state index contributed by atoms with van der Waals surface area (Å²) in [6, 6.07) is 15.1. The highest BCUT2D eigenvalue weighted by molar-refractivity contribution is 5.48. The van der Waals surface area contributed by atoms with E-state index in [1.54, 1.807) is 0 Å². The maximum absolute atomic E-state index is 4.64. The monoisotopic (exact) mass is 283 g/mol. The topological polar surface area (TPSA) is 28.2 Å². The normalized spacial score (nSPS) is 12.1. The number of hydrogen-bond donors (Lipinski definition) is 1. The lowest BCUT2D eigenvalue weighted by atomic mass is 10.1. The fraction of sp³-hybridized carbons (Fsp3) is 0.389. The number of nitrogens with zero attached hydrogens (tertiary/aromatic N) is 2. The van der Waals surface area contributed by atoms with E-state index in [4.69, 9.17) is 0 Å². The lowest BCUT2D eigenvalue weighted by Crippen LogP contribution is -2.27. The van der Waals surface area contributed by atoms with Crippen LogP contribution in [0.1, 0.15) is 37.9 Å². The number of aromatic nitrogens is 1. The van der Waals surface area contributed by atoms with E-state index in [2.05, 4.69) is 72.4 Å². The van der Waals surface area contributed by atoms with E-state index < -0.39 is 0 Å². The van der Waals surface area contributed by atoms with Crippen molar-refractivity contribution < 1.29 is 0 Å². The highest BCUT2D eigenvalue weighted by atomic mass is 15.2. The van der Waals surface area contributed by atoms with Crippen LogP contribution in [0.15, 0.2) is 48.7 Å². The second-order valence-corrected chi connectivity index (χ2v) is 5.20. The van der Waals surface area contributed by atoms with E-state index in [1.165, 1.54) is 11.1 Å². The summed E-state index contributed by atoms with van der Waals surface area (Å²) < 4.78 is 0. The molecule has 0 aliphatic rings. The van der Waals surface area contributed by atoms with Gasteiger partial charge in [0.1, 0.15) is 5.82 Å². The molecule has 0 saturated heterocycles. The van der Waals surface area contributed by atoms with Crippen LogP contribution in [0, 0.1) is 0 Å². The zero-order valence-electron chi connectivity index (χ0n) is 13.2. The Bertz CT molecular complexity index is 539. The van der Waals surface area contributed by atoms with Crippen LogP contribution < -0.4 is 10.2 Å². The largest absolute Gasteiger partial charge is 0.352 e. The van der Waals surface area contributed by atoms with Crippen LogP contribution in [0.3, 0.4) is 0 Å². The standard InChI is InChI=1S/C18H25N3/c1-4-19-15(3)17-12-9-13-20-18(17)21(5-2)14-16-10-7-6-8-11-16/h6-13,15,19H,4-5,14H2,1-3H3. The van der Waals surface area contributed by atoms with Gasteiger partial charge < -0.3 is 10.2 Å². The van der Waals surface area contributed by atoms with Crippen molar-refractivity contribution in [3.63, 3.8) is 0 Å². The summed E-state index contributed by atoms with van der Waals surface area (Å²) in [6.45, 7) is 9.30. The second kappa shape index (κ2) is 7.79. The zero-order valence-corrected chi connectivity index (χ0v) is 13.2. The first-order valence-electron chi connectivity index (χ1n) is 7.73. The van der Waals surface area contributed by atoms with Crippen LogP contribution in [-0.2, 0) is 6.54 Å². The molecule has 0 spiro atoms. The summed E-state index contributed by atoms with van der Waals surface area (Å²) in [4.78, 5) is 6.97. The Kier molecular flexibility index (Phi) is 5.76. The first-order valence-corrected chi connectivity index (χ1v) is 7.73. The third kappa shape index (κ3) is 4.05. The lowest BCUT2D eigenvalue weighted by molar-refractivity contribution is 0.593. The Morgan fingerprint density at radius 1 is 1.10 bits per heavy atom. The van der Waals surface area contributed by atoms with Crippen LogP contribution in [0.25, 0.3) is 0 Å². The molecular formula is C18H25N3. The van der Waals surface area contributed by atoms with Crippen LogP contribution in [0.2, 0.25) is 0 Å². The van der Waals surface area contributed by atoms with Crippen LogP contribution >= 0.6 is 0 Å². The molecule has 2 rings (SSSR count). The molecule has 0 fully saturated rings. The fourth-order valence-electron chi connectivity index (χ4n) is 2.57. The van der Waals surface area contributed by atoms with Crippen molar-refractivity contribution in [1.29, 1.82) is 0 Å². The number of anilines is 1. The van der Waals surface area contributed by atoms with E-state index in [0.717, 1.165) is 25.5 Å². The minimum absolute atomic E-state index is 0.309. The van der Waals surface area contributed by atoms with E-state index in [1.807, 2.05) is 12.3 Å². The molecule has 0 radical (unpaired) electrons. The molecule has 2 aromatic rings. The SMILES string of the molecule is CCNC(C)c1cccnc1N(CC)Cc1ccccc1. The van der Waals surface area contributed by atoms with Crippen LogP contribution in [0.4, 0.5) is 5.82 Å². The third-order valence-electron chi connectivity index (χ3n) is 3.69. The first-order chi connectivity index (χ1) is 10.3. The Hall–Kier alpha value is -1.87. The zero-order chi connectivity index (χ0) is 15.1. The van der Waals surface area contributed by atoms with Crippen molar-refractivity contribution >= 4 is 5.82 Å². The second-order valence-electron chi connectivity index (χ2n) is 5.20. The van der Waals surface area contributed by atoms with Crippen molar-refractivity contribution in [2.45, 2.75) is 33.4 Å². The van der Waals surface area contributed by atoms with E-state index in [0.29, 0.717) is 6.04 Å². The minimum atomic E-state index is 0.309. The van der Waals surface area contributed by atoms with Gasteiger partial charge in [0, 0.05) is 30.9 Å². The van der Waals surface area contributed by atoms with Gasteiger partial charge in [0.2, 0.25) is 0 Å². The highest BCUT2D eigenvalue weighted by Gasteiger charge is 2.15. The molecular weight excluding hydrogens is 258 g/mol. The molecule has 1 aromatic carbocycles. The van der Waals surface area contributed by atoms with E-state index in [-0.39, 0.29) is 0 Å². The maximum atomic E-state index is 4.64. The predicted octanol–water partition coefficient (Wildman–Crippen LogP) is 3.78. The van der Waals surface area contributed by atoms with Crippen molar-refractivity contribution in [2.24, 2.45) is 0 Å². The maximum Gasteiger partial charge on any atom is 0.133 e. The highest BCUT2D eigenvalue weighted by Crippen LogP contribution is 2.25. The summed E-state index contributed by atoms with van der Waals surface area (Å²) in [5.74, 6) is 1.08. The van der Waals surface area contributed by atoms with Crippen LogP contribution in [-0.4, -0.2) is 18.1 Å². The smallest absolute Gasteiger partial charge is 0.133 e. The molecule has 0 aliphatic heterocycles. The van der Waals surface area contributed by atoms with Gasteiger partial charge in [-0.1, -0.05) is 43.3 Å². The van der Waals surface area contributed by atoms with E-state index >= 15 is 0 Å². The molecule has 3 heteroatoms. The molecule has 0 bridgehead atoms. The third-order valence-corrected chi connectivity index (χ3v) is 3.69. The Morgan fingerprint density at radius 3 is 2.52 bits per heavy atom. The molecule has 21 heavy (non-hydrogen) atoms. The molecule has 1 atom stereocenters. The number of rotatable bonds is 7. The quantitative estimate of drug-likeness (QED) is 0.838. The first kappa shape index (κ1) is 15.5. The summed E-state index contributed by atoms with van der Waals surface area (Å²) >= 11 is 0. The van der Waals surface area contributed by atoms with Gasteiger partial charge in [-0.05, 0) is 32.0 Å². The van der Waals surface area contributed by atoms with Gasteiger partial charge in [-0.25, -0.2) is 4.98 Å². The molecule has 1 heterocycles. The molecule has 0 amide bonds. The van der Waals surface area contributed by atoms with Gasteiger partial charge in [-0.15, -0.1) is 0 Å². The Morgan fingerprint density at radius 2 is 1.86 bits per heavy atom. The number of benzene rings is 1. The Labute approximate surface area is 128 Å². The number of pyridine rings is 1. The van der Waals surface area contributed by atoms with Gasteiger partial charge in [-0.2, -0.15) is 0 Å². The molecule has 0 aliphatic carbocycles. The lowest BCUT2D eigenvalue weighted by Gasteiger charge is -2.26. The van der Waals surface area contributed by atoms with E-state index in [9.17, 15) is 0 Å². The van der Waals surface area contributed by atoms with Crippen molar-refractivity contribution in [2.75, 3.05) is 18.0 Å². The van der Waals surface area contributed by atoms with Gasteiger partial charge in [0.25, 0.3) is 0 Å². The molecule has 0 saturated carbocycles. The van der Waals surface area contributed by atoms with Gasteiger partial charge >= 0.3 is 0 Å². The summed E-state index contributed by atoms with van der Waals surface area (Å²) in [6.07, 6.45) is 1.88. The van der Waals surface area contributed by atoms with Gasteiger partial charge in [0.15, 0.2) is 0 Å². The molecule has 1 N–H and O–H groups in total. The molecule has 112 valence electrons.